The van der Waals surface area contributed by atoms with Gasteiger partial charge in [-0.2, -0.15) is 0 Å². The van der Waals surface area contributed by atoms with Crippen molar-refractivity contribution in [2.45, 2.75) is 154 Å². The van der Waals surface area contributed by atoms with Crippen molar-refractivity contribution in [3.8, 4) is 0 Å². The quantitative estimate of drug-likeness (QED) is 0.291. The standard InChI is InChI=1S/C35H59NO11/c1-18-13-11-12-14-25(37)19(2)15-20(3)31(21(4)26(38)16-27(39)43-22(18)5)47-34-30(40)29(36(9)10)32(23(6)45-34)46-28-17-35(8,42)33(41)24(7)44-28/h12,14,18-24,28-34,40-42H,11,13,15-17H2,1-10H3/b14-12+/t18-,19+,20-,21-,22+,23+,24+,28?,29?,30?,31-,32?,33?,34-,35?/m0/s1. The van der Waals surface area contributed by atoms with Gasteiger partial charge in [0.25, 0.3) is 0 Å². The van der Waals surface area contributed by atoms with Gasteiger partial charge in [-0.3, -0.25) is 14.4 Å². The summed E-state index contributed by atoms with van der Waals surface area (Å²) < 4.78 is 30.5. The topological polar surface area (TPSA) is 161 Å². The molecule has 0 aliphatic carbocycles. The van der Waals surface area contributed by atoms with Crippen LogP contribution in [-0.2, 0) is 38.1 Å². The Kier molecular flexibility index (Phi) is 14.1. The van der Waals surface area contributed by atoms with Crippen LogP contribution in [0.3, 0.4) is 0 Å². The molecule has 0 amide bonds. The van der Waals surface area contributed by atoms with E-state index in [0.29, 0.717) is 12.8 Å². The summed E-state index contributed by atoms with van der Waals surface area (Å²) in [5.74, 6) is -2.38. The Morgan fingerprint density at radius 2 is 1.55 bits per heavy atom. The van der Waals surface area contributed by atoms with Gasteiger partial charge in [0.15, 0.2) is 18.4 Å². The highest BCUT2D eigenvalue weighted by Crippen LogP contribution is 2.36. The van der Waals surface area contributed by atoms with E-state index in [2.05, 4.69) is 0 Å². The van der Waals surface area contributed by atoms with Gasteiger partial charge in [-0.05, 0) is 79.0 Å². The highest BCUT2D eigenvalue weighted by molar-refractivity contribution is 5.97. The number of carbonyl (C=O) groups is 3. The first-order valence-corrected chi connectivity index (χ1v) is 17.1. The maximum atomic E-state index is 13.5. The van der Waals surface area contributed by atoms with Crippen molar-refractivity contribution < 1.29 is 53.4 Å². The fourth-order valence-electron chi connectivity index (χ4n) is 7.00. The smallest absolute Gasteiger partial charge is 0.313 e. The second kappa shape index (κ2) is 16.8. The van der Waals surface area contributed by atoms with Gasteiger partial charge in [-0.15, -0.1) is 0 Å². The molecule has 2 fully saturated rings. The Balaban J connectivity index is 1.85. The lowest BCUT2D eigenvalue weighted by Gasteiger charge is -2.49. The van der Waals surface area contributed by atoms with E-state index in [0.717, 1.165) is 6.42 Å². The van der Waals surface area contributed by atoms with Crippen LogP contribution < -0.4 is 0 Å². The summed E-state index contributed by atoms with van der Waals surface area (Å²) in [6.45, 7) is 14.2. The van der Waals surface area contributed by atoms with Crippen LogP contribution in [-0.4, -0.2) is 119 Å². The molecule has 47 heavy (non-hydrogen) atoms. The number of hydrogen-bond acceptors (Lipinski definition) is 12. The minimum atomic E-state index is -1.43. The molecule has 0 saturated carbocycles. The lowest BCUT2D eigenvalue weighted by atomic mass is 9.82. The van der Waals surface area contributed by atoms with E-state index in [4.69, 9.17) is 23.7 Å². The number of aliphatic hydroxyl groups is 3. The average molecular weight is 670 g/mol. The number of allylic oxidation sites excluding steroid dienone is 2. The van der Waals surface area contributed by atoms with Crippen molar-refractivity contribution >= 4 is 17.5 Å². The third-order valence-electron chi connectivity index (χ3n) is 10.3. The number of aliphatic hydroxyl groups excluding tert-OH is 2. The lowest BCUT2D eigenvalue weighted by molar-refractivity contribution is -0.340. The van der Waals surface area contributed by atoms with Crippen molar-refractivity contribution in [1.82, 2.24) is 4.90 Å². The zero-order valence-corrected chi connectivity index (χ0v) is 29.8. The number of ketones is 2. The van der Waals surface area contributed by atoms with Gasteiger partial charge >= 0.3 is 5.97 Å². The number of esters is 1. The summed E-state index contributed by atoms with van der Waals surface area (Å²) in [4.78, 5) is 41.1. The summed E-state index contributed by atoms with van der Waals surface area (Å²) in [5, 5.41) is 32.8. The Bertz CT molecular complexity index is 1100. The summed E-state index contributed by atoms with van der Waals surface area (Å²) in [7, 11) is 3.58. The Hall–Kier alpha value is -1.77. The van der Waals surface area contributed by atoms with Crippen molar-refractivity contribution in [3.05, 3.63) is 12.2 Å². The second-order valence-electron chi connectivity index (χ2n) is 14.7. The van der Waals surface area contributed by atoms with E-state index in [1.165, 1.54) is 6.92 Å². The first kappa shape index (κ1) is 39.7. The largest absolute Gasteiger partial charge is 0.462 e. The summed E-state index contributed by atoms with van der Waals surface area (Å²) in [6.07, 6.45) is -2.68. The van der Waals surface area contributed by atoms with Crippen molar-refractivity contribution in [2.24, 2.45) is 23.7 Å². The molecule has 0 aromatic rings. The molecule has 2 saturated heterocycles. The summed E-state index contributed by atoms with van der Waals surface area (Å²) in [5.41, 5.74) is -1.43. The minimum Gasteiger partial charge on any atom is -0.462 e. The molecule has 12 nitrogen and oxygen atoms in total. The number of nitrogens with zero attached hydrogens (tertiary/aromatic N) is 1. The average Bonchev–Trinajstić information content (AvgIpc) is 2.97. The predicted octanol–water partition coefficient (Wildman–Crippen LogP) is 2.78. The van der Waals surface area contributed by atoms with Crippen LogP contribution in [0.15, 0.2) is 12.2 Å². The molecule has 0 bridgehead atoms. The molecule has 12 heteroatoms. The maximum absolute atomic E-state index is 13.5. The molecular weight excluding hydrogens is 610 g/mol. The van der Waals surface area contributed by atoms with Crippen LogP contribution in [0.1, 0.15) is 87.5 Å². The van der Waals surface area contributed by atoms with Crippen molar-refractivity contribution in [1.29, 1.82) is 0 Å². The number of carbonyl (C=O) groups excluding carboxylic acids is 3. The maximum Gasteiger partial charge on any atom is 0.313 e. The summed E-state index contributed by atoms with van der Waals surface area (Å²) in [6, 6.07) is -0.643. The van der Waals surface area contributed by atoms with E-state index < -0.39 is 85.3 Å². The normalized spacial score (nSPS) is 45.9. The van der Waals surface area contributed by atoms with E-state index in [9.17, 15) is 29.7 Å². The zero-order valence-electron chi connectivity index (χ0n) is 29.8. The molecule has 6 unspecified atom stereocenters. The molecule has 3 heterocycles. The van der Waals surface area contributed by atoms with E-state index >= 15 is 0 Å². The van der Waals surface area contributed by atoms with Gasteiger partial charge < -0.3 is 43.9 Å². The lowest BCUT2D eigenvalue weighted by Crippen LogP contribution is -2.65. The van der Waals surface area contributed by atoms with Gasteiger partial charge in [0.05, 0.1) is 30.0 Å². The number of hydrogen-bond donors (Lipinski definition) is 3. The third-order valence-corrected chi connectivity index (χ3v) is 10.3. The monoisotopic (exact) mass is 669 g/mol. The predicted molar refractivity (Wildman–Crippen MR) is 173 cm³/mol. The van der Waals surface area contributed by atoms with Gasteiger partial charge in [0.2, 0.25) is 0 Å². The first-order valence-electron chi connectivity index (χ1n) is 17.1. The Morgan fingerprint density at radius 3 is 2.17 bits per heavy atom. The molecule has 3 rings (SSSR count). The van der Waals surface area contributed by atoms with Crippen LogP contribution >= 0.6 is 0 Å². The number of rotatable bonds is 5. The molecular formula is C35H59NO11. The fourth-order valence-corrected chi connectivity index (χ4v) is 7.00. The van der Waals surface area contributed by atoms with Gasteiger partial charge in [0.1, 0.15) is 36.6 Å². The number of ether oxygens (including phenoxy) is 5. The van der Waals surface area contributed by atoms with Crippen molar-refractivity contribution in [3.63, 3.8) is 0 Å². The molecule has 15 atom stereocenters. The zero-order chi connectivity index (χ0) is 35.4. The second-order valence-corrected chi connectivity index (χ2v) is 14.7. The number of likely N-dealkylation sites (N-methyl/N-ethyl adjacent to an activating group) is 1. The van der Waals surface area contributed by atoms with Crippen molar-refractivity contribution in [2.75, 3.05) is 14.1 Å². The highest BCUT2D eigenvalue weighted by atomic mass is 16.7. The van der Waals surface area contributed by atoms with E-state index in [1.807, 2.05) is 26.8 Å². The van der Waals surface area contributed by atoms with Gasteiger partial charge in [-0.25, -0.2) is 0 Å². The fraction of sp³-hybridized carbons (Fsp3) is 0.857. The van der Waals surface area contributed by atoms with E-state index in [-0.39, 0.29) is 35.7 Å². The van der Waals surface area contributed by atoms with Crippen LogP contribution in [0.5, 0.6) is 0 Å². The van der Waals surface area contributed by atoms with Crippen LogP contribution in [0, 0.1) is 23.7 Å². The Labute approximate surface area is 280 Å². The van der Waals surface area contributed by atoms with Gasteiger partial charge in [0, 0.05) is 18.3 Å². The molecule has 3 aliphatic heterocycles. The highest BCUT2D eigenvalue weighted by Gasteiger charge is 2.51. The minimum absolute atomic E-state index is 0.0172. The molecule has 0 spiro atoms. The molecule has 270 valence electrons. The SMILES string of the molecule is C[C@@H]1C[C@H](C)[C@H](O[C@@H]2O[C@H](C)C(OC3CC(C)(O)C(O)[C@@H](C)O3)C(N(C)C)C2O)[C@@H](C)C(=O)CC(=O)O[C@H](C)[C@@H](C)CC/C=C/C1=O. The molecule has 3 N–H and O–H groups in total. The van der Waals surface area contributed by atoms with Gasteiger partial charge in [-0.1, -0.05) is 33.8 Å². The number of cyclic esters (lactones) is 1. The van der Waals surface area contributed by atoms with Crippen LogP contribution in [0.2, 0.25) is 0 Å². The first-order chi connectivity index (χ1) is 21.8. The Morgan fingerprint density at radius 1 is 0.894 bits per heavy atom. The van der Waals surface area contributed by atoms with E-state index in [1.54, 1.807) is 52.8 Å². The van der Waals surface area contributed by atoms with Crippen LogP contribution in [0.25, 0.3) is 0 Å². The third kappa shape index (κ3) is 10.1. The molecule has 0 radical (unpaired) electrons. The summed E-state index contributed by atoms with van der Waals surface area (Å²) >= 11 is 0. The molecule has 0 aromatic heterocycles. The molecule has 3 aliphatic rings. The number of Topliss-reactive ketones (excluding diaryl/α,β-unsaturated/α-hetero) is 1. The molecule has 0 aromatic carbocycles. The van der Waals surface area contributed by atoms with Crippen LogP contribution in [0.4, 0.5) is 0 Å².